The maximum Gasteiger partial charge on any atom is 4.00 e. The van der Waals surface area contributed by atoms with Crippen molar-refractivity contribution in [3.05, 3.63) is 0 Å². The fraction of sp³-hybridized carbons (Fsp3) is 0.667. The minimum atomic E-state index is -3.10. The van der Waals surface area contributed by atoms with Gasteiger partial charge in [-0.15, -0.1) is 0 Å². The molecule has 192 valence electrons. The number of aliphatic carboxylic acids is 4. The number of carboxylic acids is 4. The summed E-state index contributed by atoms with van der Waals surface area (Å²) < 4.78 is 0. The average Bonchev–Trinajstić information content (AvgIpc) is 2.68. The van der Waals surface area contributed by atoms with Crippen LogP contribution >= 0.6 is 0 Å². The van der Waals surface area contributed by atoms with Crippen LogP contribution < -0.4 is 20.4 Å². The van der Waals surface area contributed by atoms with Crippen LogP contribution in [0, 0.1) is 0 Å². The zero-order valence-corrected chi connectivity index (χ0v) is 17.5. The molecule has 0 atom stereocenters. The van der Waals surface area contributed by atoms with Crippen molar-refractivity contribution in [1.29, 1.82) is 0 Å². The average molecular weight is 532 g/mol. The van der Waals surface area contributed by atoms with E-state index in [1.165, 1.54) is 0 Å². The molecule has 0 aromatic heterocycles. The third kappa shape index (κ3) is 20.5. The molecule has 0 saturated heterocycles. The van der Waals surface area contributed by atoms with Gasteiger partial charge in [0.05, 0.1) is 0 Å². The molecule has 33 heavy (non-hydrogen) atoms. The Hall–Kier alpha value is -1.89. The van der Waals surface area contributed by atoms with Crippen molar-refractivity contribution >= 4 is 23.9 Å². The monoisotopic (exact) mass is 532 g/mol. The van der Waals surface area contributed by atoms with Crippen molar-refractivity contribution in [3.8, 4) is 0 Å². The molecular weight excluding hydrogens is 512 g/mol. The van der Waals surface area contributed by atoms with Crippen molar-refractivity contribution in [2.45, 2.75) is 23.1 Å². The van der Waals surface area contributed by atoms with Crippen LogP contribution in [0.5, 0.6) is 0 Å². The summed E-state index contributed by atoms with van der Waals surface area (Å²) in [5.41, 5.74) is 0. The molecule has 0 aliphatic heterocycles. The van der Waals surface area contributed by atoms with Gasteiger partial charge in [0, 0.05) is 0 Å². The summed E-state index contributed by atoms with van der Waals surface area (Å²) in [6.45, 7) is -5.07. The minimum Gasteiger partial charge on any atom is -0.544 e. The molecule has 0 unspecified atom stereocenters. The Kier molecular flexibility index (Phi) is 22.0. The summed E-state index contributed by atoms with van der Waals surface area (Å²) in [6, 6.07) is 0. The minimum absolute atomic E-state index is 0. The van der Waals surface area contributed by atoms with Gasteiger partial charge in [-0.2, -0.15) is 0 Å². The first-order valence-corrected chi connectivity index (χ1v) is 7.10. The number of aliphatic hydroxyl groups is 12. The third-order valence-electron chi connectivity index (χ3n) is 2.19. The van der Waals surface area contributed by atoms with Gasteiger partial charge in [0.2, 0.25) is 23.1 Å². The maximum absolute atomic E-state index is 9.48. The van der Waals surface area contributed by atoms with E-state index in [2.05, 4.69) is 0 Å². The molecule has 0 amide bonds. The van der Waals surface area contributed by atoms with Gasteiger partial charge >= 0.3 is 21.7 Å². The summed E-state index contributed by atoms with van der Waals surface area (Å²) in [5.74, 6) is -20.8. The van der Waals surface area contributed by atoms with E-state index in [-0.39, 0.29) is 21.7 Å². The summed E-state index contributed by atoms with van der Waals surface area (Å²) in [6.07, 6.45) is 0. The molecule has 0 aromatic carbocycles. The first kappa shape index (κ1) is 41.4. The fourth-order valence-electron chi connectivity index (χ4n) is 0.258. The van der Waals surface area contributed by atoms with Gasteiger partial charge in [0.15, 0.2) is 0 Å². The Labute approximate surface area is 196 Å². The van der Waals surface area contributed by atoms with Crippen LogP contribution in [0.1, 0.15) is 0 Å². The van der Waals surface area contributed by atoms with Gasteiger partial charge in [0.1, 0.15) is 50.3 Å². The molecular formula is C12H20O20Ti. The van der Waals surface area contributed by atoms with Crippen LogP contribution in [0.2, 0.25) is 0 Å². The summed E-state index contributed by atoms with van der Waals surface area (Å²) in [5, 5.41) is 134. The predicted molar refractivity (Wildman–Crippen MR) is 77.0 cm³/mol. The van der Waals surface area contributed by atoms with Gasteiger partial charge in [-0.05, 0) is 0 Å². The van der Waals surface area contributed by atoms with Crippen LogP contribution in [0.15, 0.2) is 0 Å². The van der Waals surface area contributed by atoms with E-state index in [4.69, 9.17) is 61.3 Å². The summed E-state index contributed by atoms with van der Waals surface area (Å²) in [4.78, 5) is 37.9. The number of aliphatic hydroxyl groups excluding tert-OH is 4. The van der Waals surface area contributed by atoms with Crippen molar-refractivity contribution in [2.24, 2.45) is 0 Å². The van der Waals surface area contributed by atoms with Crippen molar-refractivity contribution in [1.82, 2.24) is 0 Å². The molecule has 12 N–H and O–H groups in total. The second-order valence-corrected chi connectivity index (χ2v) is 5.05. The van der Waals surface area contributed by atoms with Gasteiger partial charge in [-0.3, -0.25) is 0 Å². The predicted octanol–water partition coefficient (Wildman–Crippen LogP) is -14.4. The van der Waals surface area contributed by atoms with E-state index in [1.54, 1.807) is 0 Å². The van der Waals surface area contributed by atoms with Gasteiger partial charge < -0.3 is 101 Å². The van der Waals surface area contributed by atoms with E-state index in [1.807, 2.05) is 0 Å². The Bertz CT molecular complexity index is 494. The van der Waals surface area contributed by atoms with E-state index in [0.29, 0.717) is 0 Å². The van der Waals surface area contributed by atoms with E-state index < -0.39 is 73.5 Å². The molecule has 0 heterocycles. The van der Waals surface area contributed by atoms with Crippen molar-refractivity contribution in [2.75, 3.05) is 26.4 Å². The molecule has 0 spiro atoms. The molecule has 20 nitrogen and oxygen atoms in total. The second kappa shape index (κ2) is 17.6. The fourth-order valence-corrected chi connectivity index (χ4v) is 0.258. The van der Waals surface area contributed by atoms with Crippen LogP contribution in [0.25, 0.3) is 0 Å². The first-order chi connectivity index (χ1) is 14.0. The normalized spacial score (nSPS) is 11.0. The summed E-state index contributed by atoms with van der Waals surface area (Å²) in [7, 11) is 0. The van der Waals surface area contributed by atoms with Gasteiger partial charge in [0.25, 0.3) is 0 Å². The van der Waals surface area contributed by atoms with E-state index >= 15 is 0 Å². The van der Waals surface area contributed by atoms with E-state index in [0.717, 1.165) is 0 Å². The smallest absolute Gasteiger partial charge is 0.544 e. The first-order valence-electron chi connectivity index (χ1n) is 7.10. The van der Waals surface area contributed by atoms with Crippen LogP contribution in [0.4, 0.5) is 0 Å². The number of hydrogen-bond donors (Lipinski definition) is 12. The largest absolute Gasteiger partial charge is 4.00 e. The van der Waals surface area contributed by atoms with E-state index in [9.17, 15) is 39.6 Å². The summed E-state index contributed by atoms with van der Waals surface area (Å²) >= 11 is 0. The van der Waals surface area contributed by atoms with Crippen LogP contribution in [-0.4, -0.2) is 135 Å². The van der Waals surface area contributed by atoms with Crippen LogP contribution in [-0.2, 0) is 40.9 Å². The van der Waals surface area contributed by atoms with Crippen LogP contribution in [0.3, 0.4) is 0 Å². The number of rotatable bonds is 8. The Balaban J connectivity index is -0.000000105. The Morgan fingerprint density at radius 1 is 0.424 bits per heavy atom. The molecule has 21 heteroatoms. The Morgan fingerprint density at radius 3 is 0.515 bits per heavy atom. The second-order valence-electron chi connectivity index (χ2n) is 5.05. The molecule has 0 aliphatic rings. The maximum atomic E-state index is 9.48. The van der Waals surface area contributed by atoms with Crippen molar-refractivity contribution in [3.63, 3.8) is 0 Å². The zero-order chi connectivity index (χ0) is 27.1. The number of hydrogen-bond acceptors (Lipinski definition) is 20. The van der Waals surface area contributed by atoms with Crippen molar-refractivity contribution < 1.29 is 123 Å². The molecule has 0 saturated carbocycles. The quantitative estimate of drug-likeness (QED) is 0.102. The molecule has 0 aromatic rings. The standard InChI is InChI=1S/4C3H6O5.Ti/c4*4-1-3(7,8)2(5)6;/h4*4,7-8H,1H2,(H,5,6);/q;;;;+4/p-4. The van der Waals surface area contributed by atoms with Gasteiger partial charge in [-0.25, -0.2) is 0 Å². The Morgan fingerprint density at radius 2 is 0.515 bits per heavy atom. The third-order valence-corrected chi connectivity index (χ3v) is 2.19. The zero-order valence-electron chi connectivity index (χ0n) is 16.0. The number of carboxylic acid groups (broad SMARTS) is 4. The number of carbonyl (C=O) groups is 4. The topological polar surface area (TPSA) is 403 Å². The number of carbonyl (C=O) groups excluding carboxylic acids is 4. The SMILES string of the molecule is O=C([O-])C(O)(O)CO.O=C([O-])C(O)(O)CO.O=C([O-])C(O)(O)CO.O=C([O-])C(O)(O)CO.[Ti+4]. The molecule has 0 fully saturated rings. The molecule has 0 bridgehead atoms. The molecule has 0 rings (SSSR count). The van der Waals surface area contributed by atoms with Gasteiger partial charge in [-0.1, -0.05) is 0 Å². The molecule has 0 radical (unpaired) electrons. The molecule has 0 aliphatic carbocycles.